The molecule has 1 atom stereocenters. The lowest BCUT2D eigenvalue weighted by atomic mass is 10.1. The van der Waals surface area contributed by atoms with Crippen molar-refractivity contribution in [1.82, 2.24) is 15.1 Å². The molecule has 140 valence electrons. The van der Waals surface area contributed by atoms with Gasteiger partial charge in [0.1, 0.15) is 5.60 Å². The van der Waals surface area contributed by atoms with Gasteiger partial charge in [-0.25, -0.2) is 4.79 Å². The number of hydrogen-bond acceptors (Lipinski definition) is 6. The minimum absolute atomic E-state index is 0.0742. The highest BCUT2D eigenvalue weighted by Gasteiger charge is 2.30. The topological polar surface area (TPSA) is 122 Å². The van der Waals surface area contributed by atoms with Gasteiger partial charge in [0.15, 0.2) is 0 Å². The number of amides is 1. The molecule has 10 nitrogen and oxygen atoms in total. The average molecular weight is 355 g/mol. The Morgan fingerprint density at radius 3 is 2.64 bits per heavy atom. The third-order valence-corrected chi connectivity index (χ3v) is 3.94. The molecular weight excluding hydrogens is 330 g/mol. The van der Waals surface area contributed by atoms with E-state index >= 15 is 0 Å². The lowest BCUT2D eigenvalue weighted by molar-refractivity contribution is -0.385. The van der Waals surface area contributed by atoms with E-state index in [1.54, 1.807) is 27.8 Å². The third-order valence-electron chi connectivity index (χ3n) is 3.94. The maximum atomic E-state index is 11.9. The summed E-state index contributed by atoms with van der Waals surface area (Å²) in [7, 11) is 1.57. The largest absolute Gasteiger partial charge is 0.444 e. The van der Waals surface area contributed by atoms with E-state index in [1.807, 2.05) is 4.90 Å². The molecule has 1 amide bonds. The summed E-state index contributed by atoms with van der Waals surface area (Å²) in [5.41, 5.74) is -1.72. The van der Waals surface area contributed by atoms with Gasteiger partial charge in [-0.05, 0) is 40.0 Å². The first kappa shape index (κ1) is 18.8. The molecule has 1 aromatic heterocycles. The molecule has 0 aromatic carbocycles. The number of aromatic nitrogens is 2. The highest BCUT2D eigenvalue weighted by molar-refractivity contribution is 5.68. The van der Waals surface area contributed by atoms with Crippen LogP contribution in [0.5, 0.6) is 0 Å². The fraction of sp³-hybridized carbons (Fsp3) is 0.733. The first-order valence-corrected chi connectivity index (χ1v) is 8.26. The minimum atomic E-state index is -0.713. The van der Waals surface area contributed by atoms with Crippen molar-refractivity contribution in [2.24, 2.45) is 7.05 Å². The van der Waals surface area contributed by atoms with E-state index < -0.39 is 27.9 Å². The van der Waals surface area contributed by atoms with Gasteiger partial charge in [0.2, 0.25) is 5.82 Å². The van der Waals surface area contributed by atoms with Crippen LogP contribution in [-0.4, -0.2) is 45.5 Å². The van der Waals surface area contributed by atoms with Crippen LogP contribution >= 0.6 is 0 Å². The molecule has 0 radical (unpaired) electrons. The Bertz CT molecular complexity index is 702. The van der Waals surface area contributed by atoms with Crippen molar-refractivity contribution in [2.75, 3.05) is 18.0 Å². The average Bonchev–Trinajstić information content (AvgIpc) is 2.62. The normalized spacial score (nSPS) is 18.6. The molecule has 1 aliphatic heterocycles. The fourth-order valence-electron chi connectivity index (χ4n) is 2.97. The number of rotatable bonds is 3. The summed E-state index contributed by atoms with van der Waals surface area (Å²) in [5, 5.41) is 16.5. The molecule has 10 heteroatoms. The second-order valence-electron chi connectivity index (χ2n) is 7.19. The van der Waals surface area contributed by atoms with Crippen LogP contribution in [0, 0.1) is 10.1 Å². The Labute approximate surface area is 145 Å². The first-order valence-electron chi connectivity index (χ1n) is 8.26. The molecule has 0 spiro atoms. The van der Waals surface area contributed by atoms with Crippen molar-refractivity contribution >= 4 is 17.6 Å². The summed E-state index contributed by atoms with van der Waals surface area (Å²) >= 11 is 0. The van der Waals surface area contributed by atoms with Crippen LogP contribution in [0.2, 0.25) is 0 Å². The zero-order chi connectivity index (χ0) is 18.8. The van der Waals surface area contributed by atoms with Crippen molar-refractivity contribution < 1.29 is 14.5 Å². The van der Waals surface area contributed by atoms with E-state index in [9.17, 15) is 19.7 Å². The van der Waals surface area contributed by atoms with E-state index in [4.69, 9.17) is 4.74 Å². The van der Waals surface area contributed by atoms with Crippen molar-refractivity contribution in [3.8, 4) is 0 Å². The number of aromatic amines is 1. The number of carbonyl (C=O) groups excluding carboxylic acids is 1. The zero-order valence-electron chi connectivity index (χ0n) is 15.0. The van der Waals surface area contributed by atoms with Crippen molar-refractivity contribution in [2.45, 2.75) is 51.7 Å². The van der Waals surface area contributed by atoms with Gasteiger partial charge in [-0.15, -0.1) is 0 Å². The lowest BCUT2D eigenvalue weighted by Crippen LogP contribution is -2.39. The molecule has 1 saturated heterocycles. The zero-order valence-corrected chi connectivity index (χ0v) is 15.0. The second kappa shape index (κ2) is 7.16. The SMILES string of the molecule is Cn1[nH]c(=O)c([N+](=O)[O-])c1N1CCCC(NC(=O)OC(C)(C)C)CC1. The summed E-state index contributed by atoms with van der Waals surface area (Å²) in [5.74, 6) is 0.271. The van der Waals surface area contributed by atoms with Gasteiger partial charge in [0.05, 0.1) is 4.92 Å². The first-order chi connectivity index (χ1) is 11.6. The Hall–Kier alpha value is -2.52. The van der Waals surface area contributed by atoms with E-state index in [2.05, 4.69) is 10.4 Å². The minimum Gasteiger partial charge on any atom is -0.444 e. The Morgan fingerprint density at radius 2 is 2.04 bits per heavy atom. The van der Waals surface area contributed by atoms with Crippen molar-refractivity contribution in [3.05, 3.63) is 20.5 Å². The molecule has 1 aromatic rings. The number of hydrogen-bond donors (Lipinski definition) is 2. The number of nitro groups is 1. The van der Waals surface area contributed by atoms with E-state index in [0.717, 1.165) is 12.8 Å². The van der Waals surface area contributed by atoms with E-state index in [1.165, 1.54) is 4.68 Å². The molecule has 2 rings (SSSR count). The smallest absolute Gasteiger partial charge is 0.407 e. The molecule has 1 fully saturated rings. The number of anilines is 1. The summed E-state index contributed by atoms with van der Waals surface area (Å²) in [6.07, 6.45) is 1.61. The molecular formula is C15H25N5O5. The highest BCUT2D eigenvalue weighted by Crippen LogP contribution is 2.26. The van der Waals surface area contributed by atoms with Crippen molar-refractivity contribution in [1.29, 1.82) is 0 Å². The summed E-state index contributed by atoms with van der Waals surface area (Å²) in [4.78, 5) is 36.0. The number of alkyl carbamates (subject to hydrolysis) is 1. The maximum absolute atomic E-state index is 11.9. The van der Waals surface area contributed by atoms with Gasteiger partial charge in [0.25, 0.3) is 0 Å². The predicted octanol–water partition coefficient (Wildman–Crippen LogP) is 1.51. The molecule has 0 aliphatic carbocycles. The van der Waals surface area contributed by atoms with Crippen LogP contribution in [0.1, 0.15) is 40.0 Å². The monoisotopic (exact) mass is 355 g/mol. The highest BCUT2D eigenvalue weighted by atomic mass is 16.6. The number of nitrogens with zero attached hydrogens (tertiary/aromatic N) is 3. The Balaban J connectivity index is 2.06. The van der Waals surface area contributed by atoms with Gasteiger partial charge in [-0.2, -0.15) is 0 Å². The third kappa shape index (κ3) is 4.74. The van der Waals surface area contributed by atoms with E-state index in [-0.39, 0.29) is 11.9 Å². The Morgan fingerprint density at radius 1 is 1.36 bits per heavy atom. The lowest BCUT2D eigenvalue weighted by Gasteiger charge is -2.23. The molecule has 1 unspecified atom stereocenters. The molecule has 1 aliphatic rings. The second-order valence-corrected chi connectivity index (χ2v) is 7.19. The van der Waals surface area contributed by atoms with Crippen LogP contribution in [0.25, 0.3) is 0 Å². The molecule has 0 bridgehead atoms. The fourth-order valence-corrected chi connectivity index (χ4v) is 2.97. The van der Waals surface area contributed by atoms with Gasteiger partial charge in [-0.1, -0.05) is 0 Å². The van der Waals surface area contributed by atoms with Gasteiger partial charge < -0.3 is 15.0 Å². The van der Waals surface area contributed by atoms with Crippen LogP contribution in [0.4, 0.5) is 16.3 Å². The quantitative estimate of drug-likeness (QED) is 0.626. The van der Waals surface area contributed by atoms with Crippen LogP contribution in [0.15, 0.2) is 4.79 Å². The molecule has 25 heavy (non-hydrogen) atoms. The maximum Gasteiger partial charge on any atom is 0.407 e. The predicted molar refractivity (Wildman–Crippen MR) is 91.9 cm³/mol. The number of aryl methyl sites for hydroxylation is 1. The standard InChI is InChI=1S/C15H25N5O5/c1-15(2,3)25-14(22)16-10-6-5-8-19(9-7-10)13-11(20(23)24)12(21)17-18(13)4/h10H,5-9H2,1-4H3,(H,16,22)(H,17,21). The molecule has 0 saturated carbocycles. The number of ether oxygens (including phenoxy) is 1. The van der Waals surface area contributed by atoms with Crippen LogP contribution in [0.3, 0.4) is 0 Å². The summed E-state index contributed by atoms with van der Waals surface area (Å²) in [6, 6.07) is -0.0742. The van der Waals surface area contributed by atoms with Gasteiger partial charge in [0, 0.05) is 26.2 Å². The van der Waals surface area contributed by atoms with E-state index in [0.29, 0.717) is 19.5 Å². The van der Waals surface area contributed by atoms with Crippen LogP contribution < -0.4 is 15.8 Å². The number of H-pyrrole nitrogens is 1. The molecule has 2 heterocycles. The number of carbonyl (C=O) groups is 1. The van der Waals surface area contributed by atoms with Crippen molar-refractivity contribution in [3.63, 3.8) is 0 Å². The summed E-state index contributed by atoms with van der Waals surface area (Å²) < 4.78 is 6.64. The number of nitrogens with one attached hydrogen (secondary N) is 2. The Kier molecular flexibility index (Phi) is 5.39. The van der Waals surface area contributed by atoms with Gasteiger partial charge in [-0.3, -0.25) is 24.7 Å². The van der Waals surface area contributed by atoms with Gasteiger partial charge >= 0.3 is 17.3 Å². The summed E-state index contributed by atoms with van der Waals surface area (Å²) in [6.45, 7) is 6.46. The molecule has 2 N–H and O–H groups in total. The van der Waals surface area contributed by atoms with Crippen LogP contribution in [-0.2, 0) is 11.8 Å².